The Morgan fingerprint density at radius 3 is 1.82 bits per heavy atom. The predicted molar refractivity (Wildman–Crippen MR) is 151 cm³/mol. The molecule has 0 heterocycles. The highest BCUT2D eigenvalue weighted by molar-refractivity contribution is 5.69. The van der Waals surface area contributed by atoms with Crippen LogP contribution in [0.2, 0.25) is 0 Å². The third kappa shape index (κ3) is 14.1. The minimum atomic E-state index is -1.19. The third-order valence-corrected chi connectivity index (χ3v) is 6.27. The van der Waals surface area contributed by atoms with Crippen LogP contribution in [0.1, 0.15) is 57.6 Å². The lowest BCUT2D eigenvalue weighted by atomic mass is 9.92. The Morgan fingerprint density at radius 1 is 0.821 bits per heavy atom. The largest absolute Gasteiger partial charge is 0.465 e. The molecule has 0 aromatic heterocycles. The van der Waals surface area contributed by atoms with Crippen molar-refractivity contribution >= 4 is 18.3 Å². The van der Waals surface area contributed by atoms with Crippen LogP contribution in [0.25, 0.3) is 0 Å². The van der Waals surface area contributed by atoms with Gasteiger partial charge in [0.2, 0.25) is 0 Å². The number of benzene rings is 2. The molecule has 2 rings (SSSR count). The summed E-state index contributed by atoms with van der Waals surface area (Å²) >= 11 is 0. The Kier molecular flexibility index (Phi) is 13.1. The molecule has 9 heteroatoms. The molecule has 0 spiro atoms. The highest BCUT2D eigenvalue weighted by atomic mass is 16.6. The lowest BCUT2D eigenvalue weighted by molar-refractivity contribution is 0.0192. The molecule has 3 amide bonds. The summed E-state index contributed by atoms with van der Waals surface area (Å²) in [6.45, 7) is 6.14. The highest BCUT2D eigenvalue weighted by Gasteiger charge is 2.27. The fraction of sp³-hybridized carbons (Fsp3) is 0.500. The third-order valence-electron chi connectivity index (χ3n) is 6.27. The van der Waals surface area contributed by atoms with Gasteiger partial charge in [0.05, 0.1) is 0 Å². The van der Waals surface area contributed by atoms with Crippen LogP contribution < -0.4 is 10.6 Å². The summed E-state index contributed by atoms with van der Waals surface area (Å²) in [6.07, 6.45) is 1.40. The molecule has 9 nitrogen and oxygen atoms in total. The Hall–Kier alpha value is -3.75. The van der Waals surface area contributed by atoms with Gasteiger partial charge in [-0.15, -0.1) is 0 Å². The molecule has 2 aromatic carbocycles. The number of amides is 3. The van der Waals surface area contributed by atoms with Crippen molar-refractivity contribution in [3.63, 3.8) is 0 Å². The fourth-order valence-electron chi connectivity index (χ4n) is 4.41. The van der Waals surface area contributed by atoms with Gasteiger partial charge < -0.3 is 30.5 Å². The molecule has 0 bridgehead atoms. The van der Waals surface area contributed by atoms with E-state index >= 15 is 0 Å². The van der Waals surface area contributed by atoms with Crippen molar-refractivity contribution < 1.29 is 29.3 Å². The van der Waals surface area contributed by atoms with E-state index in [9.17, 15) is 19.5 Å². The second-order valence-electron chi connectivity index (χ2n) is 10.8. The van der Waals surface area contributed by atoms with E-state index in [1.165, 1.54) is 11.1 Å². The number of carbonyl (C=O) groups is 3. The smallest absolute Gasteiger partial charge is 0.410 e. The van der Waals surface area contributed by atoms with E-state index < -0.39 is 29.9 Å². The van der Waals surface area contributed by atoms with Gasteiger partial charge >= 0.3 is 18.3 Å². The zero-order valence-corrected chi connectivity index (χ0v) is 23.3. The topological polar surface area (TPSA) is 128 Å². The summed E-state index contributed by atoms with van der Waals surface area (Å²) in [4.78, 5) is 37.2. The van der Waals surface area contributed by atoms with Crippen LogP contribution in [-0.2, 0) is 17.6 Å². The van der Waals surface area contributed by atoms with Crippen LogP contribution >= 0.6 is 0 Å². The van der Waals surface area contributed by atoms with Crippen LogP contribution in [0.15, 0.2) is 60.7 Å². The molecule has 4 N–H and O–H groups in total. The summed E-state index contributed by atoms with van der Waals surface area (Å²) in [5.74, 6) is 0.150. The normalized spacial score (nSPS) is 12.0. The molecule has 0 fully saturated rings. The van der Waals surface area contributed by atoms with Gasteiger partial charge in [0.1, 0.15) is 5.60 Å². The summed E-state index contributed by atoms with van der Waals surface area (Å²) in [5.41, 5.74) is 1.74. The predicted octanol–water partition coefficient (Wildman–Crippen LogP) is 5.79. The molecule has 0 unspecified atom stereocenters. The van der Waals surface area contributed by atoms with Crippen LogP contribution in [0, 0.1) is 5.92 Å². The maximum absolute atomic E-state index is 13.3. The number of aryl methyl sites for hydroxylation is 2. The van der Waals surface area contributed by atoms with Gasteiger partial charge in [-0.2, -0.15) is 0 Å². The van der Waals surface area contributed by atoms with Gasteiger partial charge in [0.15, 0.2) is 0 Å². The van der Waals surface area contributed by atoms with Gasteiger partial charge in [-0.1, -0.05) is 60.7 Å². The highest BCUT2D eigenvalue weighted by Crippen LogP contribution is 2.21. The first-order valence-electron chi connectivity index (χ1n) is 13.5. The van der Waals surface area contributed by atoms with Crippen molar-refractivity contribution in [3.05, 3.63) is 71.8 Å². The molecule has 0 radical (unpaired) electrons. The minimum absolute atomic E-state index is 0.126. The van der Waals surface area contributed by atoms with Crippen molar-refractivity contribution in [1.29, 1.82) is 0 Å². The number of ether oxygens (including phenoxy) is 1. The lowest BCUT2D eigenvalue weighted by Gasteiger charge is -2.33. The second-order valence-corrected chi connectivity index (χ2v) is 10.8. The van der Waals surface area contributed by atoms with Crippen molar-refractivity contribution in [2.24, 2.45) is 5.92 Å². The Labute approximate surface area is 231 Å². The van der Waals surface area contributed by atoms with E-state index in [0.29, 0.717) is 19.4 Å². The number of hydrogen-bond acceptors (Lipinski definition) is 4. The maximum Gasteiger partial charge on any atom is 0.410 e. The van der Waals surface area contributed by atoms with Crippen LogP contribution in [0.4, 0.5) is 14.4 Å². The number of carbonyl (C=O) groups excluding carboxylic acids is 1. The molecule has 1 atom stereocenters. The van der Waals surface area contributed by atoms with E-state index in [1.54, 1.807) is 25.7 Å². The SMILES string of the molecule is CC(C)(C)OC(=O)N(CC(CCc1ccccc1)CCc1ccccc1)C[C@H](CCCNC(=O)O)NC(=O)O. The summed E-state index contributed by atoms with van der Waals surface area (Å²) in [7, 11) is 0. The first kappa shape index (κ1) is 31.5. The number of nitrogens with zero attached hydrogens (tertiary/aromatic N) is 1. The summed E-state index contributed by atoms with van der Waals surface area (Å²) in [5, 5.41) is 23.0. The number of hydrogen-bond donors (Lipinski definition) is 4. The molecule has 214 valence electrons. The molecular formula is C30H43N3O6. The molecule has 0 aliphatic carbocycles. The quantitative estimate of drug-likeness (QED) is 0.211. The van der Waals surface area contributed by atoms with Crippen molar-refractivity contribution in [3.8, 4) is 0 Å². The molecule has 0 saturated carbocycles. The van der Waals surface area contributed by atoms with Crippen LogP contribution in [0.5, 0.6) is 0 Å². The summed E-state index contributed by atoms with van der Waals surface area (Å²) in [6, 6.07) is 19.8. The zero-order chi connectivity index (χ0) is 28.7. The molecule has 2 aromatic rings. The Balaban J connectivity index is 2.20. The molecule has 0 saturated heterocycles. The fourth-order valence-corrected chi connectivity index (χ4v) is 4.41. The van der Waals surface area contributed by atoms with Crippen LogP contribution in [-0.4, -0.2) is 64.7 Å². The number of nitrogens with one attached hydrogen (secondary N) is 2. The monoisotopic (exact) mass is 541 g/mol. The maximum atomic E-state index is 13.3. The molecule has 39 heavy (non-hydrogen) atoms. The van der Waals surface area contributed by atoms with Crippen molar-refractivity contribution in [2.45, 2.75) is 70.9 Å². The van der Waals surface area contributed by atoms with E-state index in [2.05, 4.69) is 34.9 Å². The van der Waals surface area contributed by atoms with Gasteiger partial charge in [-0.05, 0) is 76.3 Å². The Morgan fingerprint density at radius 2 is 1.36 bits per heavy atom. The molecular weight excluding hydrogens is 498 g/mol. The van der Waals surface area contributed by atoms with E-state index in [1.807, 2.05) is 36.4 Å². The van der Waals surface area contributed by atoms with E-state index in [4.69, 9.17) is 9.84 Å². The summed E-state index contributed by atoms with van der Waals surface area (Å²) < 4.78 is 5.71. The van der Waals surface area contributed by atoms with Crippen molar-refractivity contribution in [1.82, 2.24) is 15.5 Å². The average Bonchev–Trinajstić information content (AvgIpc) is 2.87. The van der Waals surface area contributed by atoms with Crippen molar-refractivity contribution in [2.75, 3.05) is 19.6 Å². The Bertz CT molecular complexity index is 967. The second kappa shape index (κ2) is 16.3. The average molecular weight is 542 g/mol. The van der Waals surface area contributed by atoms with E-state index in [0.717, 1.165) is 25.7 Å². The van der Waals surface area contributed by atoms with Gasteiger partial charge in [0.25, 0.3) is 0 Å². The van der Waals surface area contributed by atoms with Crippen LogP contribution in [0.3, 0.4) is 0 Å². The zero-order valence-electron chi connectivity index (χ0n) is 23.3. The lowest BCUT2D eigenvalue weighted by Crippen LogP contribution is -2.48. The first-order valence-corrected chi connectivity index (χ1v) is 13.5. The first-order chi connectivity index (χ1) is 18.5. The van der Waals surface area contributed by atoms with Gasteiger partial charge in [-0.3, -0.25) is 0 Å². The van der Waals surface area contributed by atoms with Gasteiger partial charge in [0, 0.05) is 25.7 Å². The molecule has 0 aliphatic heterocycles. The van der Waals surface area contributed by atoms with E-state index in [-0.39, 0.29) is 19.0 Å². The standard InChI is InChI=1S/C30H43N3O6/c1-30(2,3)39-29(38)33(22-26(32-28(36)37)15-10-20-31-27(34)35)21-25(18-16-23-11-6-4-7-12-23)19-17-24-13-8-5-9-14-24/h4-9,11-14,25-26,31-32H,10,15-22H2,1-3H3,(H,34,35)(H,36,37)/t26-/m0/s1. The minimum Gasteiger partial charge on any atom is -0.465 e. The number of rotatable bonds is 15. The number of carboxylic acid groups (broad SMARTS) is 2. The molecule has 0 aliphatic rings. The van der Waals surface area contributed by atoms with Gasteiger partial charge in [-0.25, -0.2) is 14.4 Å².